The normalized spacial score (nSPS) is 10.4. The van der Waals surface area contributed by atoms with Crippen LogP contribution >= 0.6 is 38.5 Å². The van der Waals surface area contributed by atoms with E-state index in [4.69, 9.17) is 4.74 Å². The van der Waals surface area contributed by atoms with E-state index in [0.717, 1.165) is 27.5 Å². The van der Waals surface area contributed by atoms with Crippen LogP contribution in [0.5, 0.6) is 0 Å². The maximum Gasteiger partial charge on any atom is 0.252 e. The molecule has 3 nitrogen and oxygen atoms in total. The summed E-state index contributed by atoms with van der Waals surface area (Å²) in [5, 5.41) is 2.89. The highest BCUT2D eigenvalue weighted by Crippen LogP contribution is 2.19. The molecule has 1 N–H and O–H groups in total. The number of carbonyl (C=O) groups excluding carboxylic acids is 1. The maximum absolute atomic E-state index is 11.9. The van der Waals surface area contributed by atoms with Gasteiger partial charge in [-0.1, -0.05) is 6.92 Å². The predicted molar refractivity (Wildman–Crippen MR) is 84.9 cm³/mol. The van der Waals surface area contributed by atoms with E-state index in [0.29, 0.717) is 18.7 Å². The summed E-state index contributed by atoms with van der Waals surface area (Å²) in [5.74, 6) is -0.0455. The fourth-order valence-electron chi connectivity index (χ4n) is 1.39. The van der Waals surface area contributed by atoms with Crippen LogP contribution in [0.25, 0.3) is 0 Å². The second kappa shape index (κ2) is 8.87. The van der Waals surface area contributed by atoms with Crippen molar-refractivity contribution in [1.29, 1.82) is 0 Å². The summed E-state index contributed by atoms with van der Waals surface area (Å²) in [6.07, 6.45) is 1.87. The smallest absolute Gasteiger partial charge is 0.252 e. The van der Waals surface area contributed by atoms with E-state index in [-0.39, 0.29) is 5.91 Å². The van der Waals surface area contributed by atoms with Gasteiger partial charge in [-0.2, -0.15) is 0 Å². The van der Waals surface area contributed by atoms with Crippen LogP contribution in [0.1, 0.15) is 30.1 Å². The Balaban J connectivity index is 2.34. The molecule has 0 unspecified atom stereocenters. The van der Waals surface area contributed by atoms with Crippen LogP contribution in [0, 0.1) is 3.57 Å². The number of ether oxygens (including phenoxy) is 1. The van der Waals surface area contributed by atoms with Crippen molar-refractivity contribution in [1.82, 2.24) is 5.32 Å². The lowest BCUT2D eigenvalue weighted by atomic mass is 10.2. The first kappa shape index (κ1) is 15.9. The lowest BCUT2D eigenvalue weighted by Gasteiger charge is -2.07. The zero-order valence-electron chi connectivity index (χ0n) is 10.3. The van der Waals surface area contributed by atoms with Crippen molar-refractivity contribution in [2.24, 2.45) is 0 Å². The van der Waals surface area contributed by atoms with E-state index in [1.165, 1.54) is 0 Å². The third-order valence-corrected chi connectivity index (χ3v) is 3.63. The standard InChI is InChI=1S/C13H17BrINO2/c1-2-7-18-8-3-6-16-13(17)11-9-10(15)4-5-12(11)14/h4-5,9H,2-3,6-8H2,1H3,(H,16,17). The van der Waals surface area contributed by atoms with Gasteiger partial charge in [-0.3, -0.25) is 4.79 Å². The third-order valence-electron chi connectivity index (χ3n) is 2.27. The molecule has 1 amide bonds. The van der Waals surface area contributed by atoms with Crippen LogP contribution in [0.2, 0.25) is 0 Å². The van der Waals surface area contributed by atoms with Crippen LogP contribution in [0.3, 0.4) is 0 Å². The molecule has 1 aromatic carbocycles. The highest BCUT2D eigenvalue weighted by Gasteiger charge is 2.09. The quantitative estimate of drug-likeness (QED) is 0.535. The van der Waals surface area contributed by atoms with E-state index in [9.17, 15) is 4.79 Å². The van der Waals surface area contributed by atoms with Gasteiger partial charge in [0.1, 0.15) is 0 Å². The molecule has 0 saturated heterocycles. The van der Waals surface area contributed by atoms with Crippen molar-refractivity contribution in [3.05, 3.63) is 31.8 Å². The van der Waals surface area contributed by atoms with Gasteiger partial charge in [0.05, 0.1) is 5.56 Å². The van der Waals surface area contributed by atoms with E-state index < -0.39 is 0 Å². The van der Waals surface area contributed by atoms with Crippen molar-refractivity contribution in [3.63, 3.8) is 0 Å². The molecule has 100 valence electrons. The van der Waals surface area contributed by atoms with Crippen LogP contribution in [0.15, 0.2) is 22.7 Å². The van der Waals surface area contributed by atoms with Gasteiger partial charge in [0, 0.05) is 27.8 Å². The van der Waals surface area contributed by atoms with Crippen molar-refractivity contribution >= 4 is 44.4 Å². The van der Waals surface area contributed by atoms with E-state index in [1.54, 1.807) is 0 Å². The first-order chi connectivity index (χ1) is 8.65. The Labute approximate surface area is 130 Å². The molecule has 1 rings (SSSR count). The predicted octanol–water partition coefficient (Wildman–Crippen LogP) is 3.60. The van der Waals surface area contributed by atoms with Crippen molar-refractivity contribution in [2.45, 2.75) is 19.8 Å². The van der Waals surface area contributed by atoms with Crippen LogP contribution in [-0.2, 0) is 4.74 Å². The van der Waals surface area contributed by atoms with Crippen molar-refractivity contribution in [3.8, 4) is 0 Å². The largest absolute Gasteiger partial charge is 0.381 e. The molecular weight excluding hydrogens is 409 g/mol. The second-order valence-corrected chi connectivity index (χ2v) is 5.95. The Morgan fingerprint density at radius 2 is 2.22 bits per heavy atom. The Bertz CT molecular complexity index is 399. The second-order valence-electron chi connectivity index (χ2n) is 3.85. The number of carbonyl (C=O) groups is 1. The number of hydrogen-bond donors (Lipinski definition) is 1. The number of hydrogen-bond acceptors (Lipinski definition) is 2. The fraction of sp³-hybridized carbons (Fsp3) is 0.462. The SMILES string of the molecule is CCCOCCCNC(=O)c1cc(I)ccc1Br. The van der Waals surface area contributed by atoms with Crippen molar-refractivity contribution < 1.29 is 9.53 Å². The average molecular weight is 426 g/mol. The number of benzene rings is 1. The van der Waals surface area contributed by atoms with Gasteiger partial charge in [0.2, 0.25) is 0 Å². The summed E-state index contributed by atoms with van der Waals surface area (Å²) in [7, 11) is 0. The molecule has 0 fully saturated rings. The monoisotopic (exact) mass is 425 g/mol. The minimum Gasteiger partial charge on any atom is -0.381 e. The highest BCUT2D eigenvalue weighted by atomic mass is 127. The van der Waals surface area contributed by atoms with E-state index in [2.05, 4.69) is 50.8 Å². The van der Waals surface area contributed by atoms with Gasteiger partial charge in [-0.05, 0) is 69.6 Å². The molecule has 0 aliphatic heterocycles. The zero-order chi connectivity index (χ0) is 13.4. The van der Waals surface area contributed by atoms with Crippen LogP contribution in [-0.4, -0.2) is 25.7 Å². The van der Waals surface area contributed by atoms with Gasteiger partial charge in [0.25, 0.3) is 5.91 Å². The molecule has 0 radical (unpaired) electrons. The molecule has 18 heavy (non-hydrogen) atoms. The number of amides is 1. The Hall–Kier alpha value is -0.140. The topological polar surface area (TPSA) is 38.3 Å². The number of halogens is 2. The molecule has 0 saturated carbocycles. The number of nitrogens with one attached hydrogen (secondary N) is 1. The third kappa shape index (κ3) is 5.67. The summed E-state index contributed by atoms with van der Waals surface area (Å²) in [6.45, 7) is 4.20. The molecule has 0 bridgehead atoms. The summed E-state index contributed by atoms with van der Waals surface area (Å²) in [6, 6.07) is 5.72. The maximum atomic E-state index is 11.9. The molecule has 5 heteroatoms. The molecule has 0 heterocycles. The molecule has 0 aromatic heterocycles. The first-order valence-electron chi connectivity index (χ1n) is 5.96. The van der Waals surface area contributed by atoms with Crippen LogP contribution in [0.4, 0.5) is 0 Å². The molecule has 1 aromatic rings. The van der Waals surface area contributed by atoms with Gasteiger partial charge in [0.15, 0.2) is 0 Å². The zero-order valence-corrected chi connectivity index (χ0v) is 14.1. The van der Waals surface area contributed by atoms with Gasteiger partial charge in [-0.15, -0.1) is 0 Å². The Kier molecular flexibility index (Phi) is 7.85. The molecule has 0 spiro atoms. The number of rotatable bonds is 7. The first-order valence-corrected chi connectivity index (χ1v) is 7.83. The summed E-state index contributed by atoms with van der Waals surface area (Å²) >= 11 is 5.58. The lowest BCUT2D eigenvalue weighted by molar-refractivity contribution is 0.0940. The molecule has 0 aliphatic carbocycles. The van der Waals surface area contributed by atoms with Crippen molar-refractivity contribution in [2.75, 3.05) is 19.8 Å². The lowest BCUT2D eigenvalue weighted by Crippen LogP contribution is -2.25. The summed E-state index contributed by atoms with van der Waals surface area (Å²) in [5.41, 5.74) is 0.677. The minimum atomic E-state index is -0.0455. The summed E-state index contributed by atoms with van der Waals surface area (Å²) < 4.78 is 7.22. The fourth-order valence-corrected chi connectivity index (χ4v) is 2.31. The Morgan fingerprint density at radius 1 is 1.44 bits per heavy atom. The van der Waals surface area contributed by atoms with E-state index >= 15 is 0 Å². The molecule has 0 atom stereocenters. The highest BCUT2D eigenvalue weighted by molar-refractivity contribution is 14.1. The molecular formula is C13H17BrINO2. The summed E-state index contributed by atoms with van der Waals surface area (Å²) in [4.78, 5) is 11.9. The average Bonchev–Trinajstić information content (AvgIpc) is 2.36. The minimum absolute atomic E-state index is 0.0455. The van der Waals surface area contributed by atoms with Gasteiger partial charge in [-0.25, -0.2) is 0 Å². The van der Waals surface area contributed by atoms with E-state index in [1.807, 2.05) is 18.2 Å². The molecule has 0 aliphatic rings. The van der Waals surface area contributed by atoms with Gasteiger partial charge < -0.3 is 10.1 Å². The Morgan fingerprint density at radius 3 is 2.94 bits per heavy atom. The van der Waals surface area contributed by atoms with Gasteiger partial charge >= 0.3 is 0 Å². The van der Waals surface area contributed by atoms with Crippen LogP contribution < -0.4 is 5.32 Å².